The number of fused-ring (bicyclic) bond motifs is 4. The third kappa shape index (κ3) is 4.57. The van der Waals surface area contributed by atoms with Crippen molar-refractivity contribution in [2.45, 2.75) is 69.7 Å². The van der Waals surface area contributed by atoms with E-state index in [1.54, 1.807) is 32.0 Å². The van der Waals surface area contributed by atoms with E-state index >= 15 is 0 Å². The van der Waals surface area contributed by atoms with Gasteiger partial charge in [0.05, 0.1) is 0 Å². The molecule has 3 aliphatic rings. The monoisotopic (exact) mass is 424 g/mol. The molecule has 1 N–H and O–H groups in total. The molecule has 0 radical (unpaired) electrons. The number of rotatable bonds is 7. The zero-order valence-electron chi connectivity index (χ0n) is 19.2. The van der Waals surface area contributed by atoms with Gasteiger partial charge in [-0.3, -0.25) is 14.5 Å². The highest BCUT2D eigenvalue weighted by Gasteiger charge is 2.48. The molecule has 2 aliphatic carbocycles. The maximum absolute atomic E-state index is 12.4. The van der Waals surface area contributed by atoms with Crippen molar-refractivity contribution in [2.24, 2.45) is 5.92 Å². The summed E-state index contributed by atoms with van der Waals surface area (Å²) < 4.78 is 0. The summed E-state index contributed by atoms with van der Waals surface area (Å²) in [4.78, 5) is 28.9. The SMILES string of the molecule is CC(=O)C=C1C2Cc3ccc(O)cc3C1(CCCC(=O)N(C)C)CCCN2CC1CC1. The first kappa shape index (κ1) is 22.1. The first-order valence-electron chi connectivity index (χ1n) is 11.8. The predicted molar refractivity (Wildman–Crippen MR) is 122 cm³/mol. The lowest BCUT2D eigenvalue weighted by Crippen LogP contribution is -2.47. The molecule has 31 heavy (non-hydrogen) atoms. The van der Waals surface area contributed by atoms with E-state index in [1.165, 1.54) is 29.5 Å². The van der Waals surface area contributed by atoms with Gasteiger partial charge in [0.1, 0.15) is 5.75 Å². The quantitative estimate of drug-likeness (QED) is 0.676. The van der Waals surface area contributed by atoms with E-state index in [0.717, 1.165) is 51.1 Å². The van der Waals surface area contributed by atoms with Gasteiger partial charge in [0.25, 0.3) is 0 Å². The summed E-state index contributed by atoms with van der Waals surface area (Å²) in [6, 6.07) is 6.01. The molecule has 5 nitrogen and oxygen atoms in total. The highest BCUT2D eigenvalue weighted by Crippen LogP contribution is 2.52. The van der Waals surface area contributed by atoms with Crippen LogP contribution in [0.2, 0.25) is 0 Å². The number of nitrogens with zero attached hydrogens (tertiary/aromatic N) is 2. The number of aromatic hydroxyl groups is 1. The van der Waals surface area contributed by atoms with Crippen LogP contribution in [0.3, 0.4) is 0 Å². The minimum Gasteiger partial charge on any atom is -0.508 e. The number of hydrogen-bond acceptors (Lipinski definition) is 4. The Morgan fingerprint density at radius 1 is 1.29 bits per heavy atom. The summed E-state index contributed by atoms with van der Waals surface area (Å²) in [5, 5.41) is 10.3. The molecule has 5 heteroatoms. The zero-order chi connectivity index (χ0) is 22.2. The lowest BCUT2D eigenvalue weighted by Gasteiger charge is -2.46. The van der Waals surface area contributed by atoms with Gasteiger partial charge >= 0.3 is 0 Å². The second-order valence-corrected chi connectivity index (χ2v) is 10.0. The van der Waals surface area contributed by atoms with Gasteiger partial charge in [0, 0.05) is 38.5 Å². The smallest absolute Gasteiger partial charge is 0.222 e. The molecule has 2 fully saturated rings. The number of benzene rings is 1. The fourth-order valence-corrected chi connectivity index (χ4v) is 5.80. The largest absolute Gasteiger partial charge is 0.508 e. The Bertz CT molecular complexity index is 887. The highest BCUT2D eigenvalue weighted by atomic mass is 16.3. The third-order valence-electron chi connectivity index (χ3n) is 7.46. The Hall–Kier alpha value is -2.14. The molecule has 168 valence electrons. The Kier molecular flexibility index (Phi) is 6.25. The molecule has 4 rings (SSSR count). The number of hydrogen-bond donors (Lipinski definition) is 1. The van der Waals surface area contributed by atoms with Gasteiger partial charge in [-0.25, -0.2) is 0 Å². The number of carbonyl (C=O) groups excluding carboxylic acids is 2. The van der Waals surface area contributed by atoms with Crippen LogP contribution in [-0.4, -0.2) is 59.8 Å². The fourth-order valence-electron chi connectivity index (χ4n) is 5.80. The number of allylic oxidation sites excluding steroid dienone is 1. The molecule has 2 unspecified atom stereocenters. The molecule has 2 bridgehead atoms. The van der Waals surface area contributed by atoms with Crippen LogP contribution in [0.4, 0.5) is 0 Å². The first-order valence-corrected chi connectivity index (χ1v) is 11.8. The van der Waals surface area contributed by atoms with Crippen molar-refractivity contribution >= 4 is 11.7 Å². The van der Waals surface area contributed by atoms with Gasteiger partial charge < -0.3 is 10.0 Å². The molecule has 1 heterocycles. The molecular formula is C26H36N2O3. The summed E-state index contributed by atoms with van der Waals surface area (Å²) in [5.74, 6) is 1.30. The summed E-state index contributed by atoms with van der Waals surface area (Å²) >= 11 is 0. The fraction of sp³-hybridized carbons (Fsp3) is 0.615. The van der Waals surface area contributed by atoms with E-state index in [0.29, 0.717) is 6.42 Å². The highest BCUT2D eigenvalue weighted by molar-refractivity contribution is 5.89. The third-order valence-corrected chi connectivity index (χ3v) is 7.46. The Morgan fingerprint density at radius 3 is 2.74 bits per heavy atom. The lowest BCUT2D eigenvalue weighted by atomic mass is 9.60. The van der Waals surface area contributed by atoms with Crippen LogP contribution in [0.1, 0.15) is 63.0 Å². The van der Waals surface area contributed by atoms with Crippen molar-refractivity contribution in [2.75, 3.05) is 27.2 Å². The summed E-state index contributed by atoms with van der Waals surface area (Å²) in [6.45, 7) is 3.81. The van der Waals surface area contributed by atoms with Gasteiger partial charge in [0.2, 0.25) is 5.91 Å². The van der Waals surface area contributed by atoms with Crippen LogP contribution < -0.4 is 0 Å². The molecule has 0 spiro atoms. The molecule has 1 saturated heterocycles. The molecule has 1 aliphatic heterocycles. The van der Waals surface area contributed by atoms with Gasteiger partial charge in [-0.15, -0.1) is 0 Å². The molecule has 1 aromatic carbocycles. The van der Waals surface area contributed by atoms with Crippen molar-refractivity contribution in [3.05, 3.63) is 41.0 Å². The zero-order valence-corrected chi connectivity index (χ0v) is 19.2. The van der Waals surface area contributed by atoms with Crippen LogP contribution >= 0.6 is 0 Å². The lowest BCUT2D eigenvalue weighted by molar-refractivity contribution is -0.128. The number of amides is 1. The van der Waals surface area contributed by atoms with Crippen molar-refractivity contribution in [1.82, 2.24) is 9.80 Å². The summed E-state index contributed by atoms with van der Waals surface area (Å²) in [5.41, 5.74) is 3.38. The summed E-state index contributed by atoms with van der Waals surface area (Å²) in [7, 11) is 3.60. The Labute approximate surface area is 186 Å². The standard InChI is InChI=1S/C26H36N2O3/c1-18(29)14-23-24-15-20-9-10-21(30)16-22(20)26(23,11-4-6-25(31)27(2)3)12-5-13-28(24)17-19-7-8-19/h9-10,14,16,19,24,30H,4-8,11-13,15,17H2,1-3H3. The molecule has 1 aromatic rings. The van der Waals surface area contributed by atoms with E-state index in [9.17, 15) is 14.7 Å². The van der Waals surface area contributed by atoms with E-state index in [2.05, 4.69) is 11.0 Å². The van der Waals surface area contributed by atoms with Crippen molar-refractivity contribution < 1.29 is 14.7 Å². The van der Waals surface area contributed by atoms with Crippen molar-refractivity contribution in [3.63, 3.8) is 0 Å². The van der Waals surface area contributed by atoms with Crippen LogP contribution in [0.25, 0.3) is 0 Å². The number of ketones is 1. The van der Waals surface area contributed by atoms with Crippen LogP contribution in [0.15, 0.2) is 29.8 Å². The van der Waals surface area contributed by atoms with Gasteiger partial charge in [-0.1, -0.05) is 6.07 Å². The number of likely N-dealkylation sites (tertiary alicyclic amines) is 1. The maximum atomic E-state index is 12.4. The molecular weight excluding hydrogens is 388 g/mol. The average molecular weight is 425 g/mol. The second kappa shape index (κ2) is 8.78. The summed E-state index contributed by atoms with van der Waals surface area (Å²) in [6.07, 6.45) is 9.54. The second-order valence-electron chi connectivity index (χ2n) is 10.0. The Morgan fingerprint density at radius 2 is 2.06 bits per heavy atom. The van der Waals surface area contributed by atoms with Crippen molar-refractivity contribution in [3.8, 4) is 5.75 Å². The topological polar surface area (TPSA) is 60.9 Å². The first-order chi connectivity index (χ1) is 14.8. The van der Waals surface area contributed by atoms with E-state index in [4.69, 9.17) is 0 Å². The van der Waals surface area contributed by atoms with Gasteiger partial charge in [-0.2, -0.15) is 0 Å². The predicted octanol–water partition coefficient (Wildman–Crippen LogP) is 3.83. The van der Waals surface area contributed by atoms with Crippen molar-refractivity contribution in [1.29, 1.82) is 0 Å². The van der Waals surface area contributed by atoms with E-state index < -0.39 is 0 Å². The number of carbonyl (C=O) groups is 2. The van der Waals surface area contributed by atoms with Gasteiger partial charge in [0.15, 0.2) is 5.78 Å². The van der Waals surface area contributed by atoms with E-state index in [1.807, 2.05) is 12.1 Å². The van der Waals surface area contributed by atoms with E-state index in [-0.39, 0.29) is 28.9 Å². The van der Waals surface area contributed by atoms with Crippen LogP contribution in [0, 0.1) is 5.92 Å². The minimum absolute atomic E-state index is 0.0885. The number of phenolic OH excluding ortho intramolecular Hbond substituents is 1. The molecule has 1 saturated carbocycles. The minimum atomic E-state index is -0.284. The van der Waals surface area contributed by atoms with Crippen LogP contribution in [0.5, 0.6) is 5.75 Å². The van der Waals surface area contributed by atoms with Crippen LogP contribution in [-0.2, 0) is 21.4 Å². The van der Waals surface area contributed by atoms with Gasteiger partial charge in [-0.05, 0) is 99.2 Å². The number of phenols is 1. The normalized spacial score (nSPS) is 26.9. The maximum Gasteiger partial charge on any atom is 0.222 e. The molecule has 1 amide bonds. The Balaban J connectivity index is 1.77. The average Bonchev–Trinajstić information content (AvgIpc) is 3.53. The molecule has 2 atom stereocenters. The molecule has 0 aromatic heterocycles.